The molecule has 2 atom stereocenters. The molecule has 0 bridgehead atoms. The predicted molar refractivity (Wildman–Crippen MR) is 85.2 cm³/mol. The van der Waals surface area contributed by atoms with Crippen molar-refractivity contribution >= 4 is 38.9 Å². The number of hydrogen-bond acceptors (Lipinski definition) is 3. The third kappa shape index (κ3) is 4.21. The van der Waals surface area contributed by atoms with Crippen molar-refractivity contribution in [2.45, 2.75) is 25.5 Å². The Morgan fingerprint density at radius 3 is 2.84 bits per heavy atom. The monoisotopic (exact) mass is 359 g/mol. The smallest absolute Gasteiger partial charge is 0.121 e. The molecule has 2 nitrogen and oxygen atoms in total. The summed E-state index contributed by atoms with van der Waals surface area (Å²) < 4.78 is 6.94. The van der Waals surface area contributed by atoms with Crippen LogP contribution in [-0.2, 0) is 6.42 Å². The molecule has 102 valence electrons. The molecule has 2 N–H and O–H groups in total. The Bertz CT molecular complexity index is 546. The lowest BCUT2D eigenvalue weighted by Gasteiger charge is -2.21. The van der Waals surface area contributed by atoms with Crippen LogP contribution in [0.15, 0.2) is 40.2 Å². The molecule has 2 unspecified atom stereocenters. The second-order valence-corrected chi connectivity index (χ2v) is 6.63. The van der Waals surface area contributed by atoms with Crippen LogP contribution in [-0.4, -0.2) is 12.1 Å². The fourth-order valence-electron chi connectivity index (χ4n) is 1.69. The Hall–Kier alpha value is -0.550. The number of ether oxygens (including phenoxy) is 1. The van der Waals surface area contributed by atoms with Crippen molar-refractivity contribution in [3.63, 3.8) is 0 Å². The van der Waals surface area contributed by atoms with Crippen LogP contribution in [0.1, 0.15) is 11.8 Å². The maximum Gasteiger partial charge on any atom is 0.121 e. The van der Waals surface area contributed by atoms with Gasteiger partial charge in [-0.3, -0.25) is 0 Å². The van der Waals surface area contributed by atoms with E-state index in [0.717, 1.165) is 16.6 Å². The normalized spacial score (nSPS) is 14.1. The highest BCUT2D eigenvalue weighted by Gasteiger charge is 2.17. The minimum atomic E-state index is -0.0764. The van der Waals surface area contributed by atoms with Crippen molar-refractivity contribution in [1.29, 1.82) is 0 Å². The number of rotatable bonds is 5. The van der Waals surface area contributed by atoms with Crippen molar-refractivity contribution in [2.24, 2.45) is 5.73 Å². The molecular formula is C14H15BrClNOS. The average molecular weight is 361 g/mol. The highest BCUT2D eigenvalue weighted by Crippen LogP contribution is 2.25. The third-order valence-corrected chi connectivity index (χ3v) is 5.02. The molecule has 5 heteroatoms. The summed E-state index contributed by atoms with van der Waals surface area (Å²) in [4.78, 5) is 1.24. The first-order chi connectivity index (χ1) is 9.06. The Labute approximate surface area is 130 Å². The minimum absolute atomic E-state index is 0.0612. The largest absolute Gasteiger partial charge is 0.489 e. The SMILES string of the molecule is CC(Oc1cccc(Cl)c1)C(N)Cc1sccc1Br. The van der Waals surface area contributed by atoms with Crippen molar-refractivity contribution in [2.75, 3.05) is 0 Å². The van der Waals surface area contributed by atoms with Crippen molar-refractivity contribution in [3.8, 4) is 5.75 Å². The zero-order chi connectivity index (χ0) is 13.8. The first-order valence-corrected chi connectivity index (χ1v) is 8.01. The van der Waals surface area contributed by atoms with Gasteiger partial charge in [0.15, 0.2) is 0 Å². The summed E-state index contributed by atoms with van der Waals surface area (Å²) in [6, 6.07) is 9.35. The van der Waals surface area contributed by atoms with Crippen molar-refractivity contribution in [3.05, 3.63) is 50.1 Å². The van der Waals surface area contributed by atoms with Crippen LogP contribution in [0, 0.1) is 0 Å². The van der Waals surface area contributed by atoms with Gasteiger partial charge in [-0.25, -0.2) is 0 Å². The molecule has 0 spiro atoms. The van der Waals surface area contributed by atoms with Gasteiger partial charge in [0.1, 0.15) is 11.9 Å². The van der Waals surface area contributed by atoms with Gasteiger partial charge in [0.2, 0.25) is 0 Å². The molecule has 0 saturated carbocycles. The molecule has 1 aromatic heterocycles. The van der Waals surface area contributed by atoms with Gasteiger partial charge in [0, 0.05) is 26.8 Å². The second kappa shape index (κ2) is 6.75. The van der Waals surface area contributed by atoms with Gasteiger partial charge in [-0.1, -0.05) is 17.7 Å². The highest BCUT2D eigenvalue weighted by atomic mass is 79.9. The summed E-state index contributed by atoms with van der Waals surface area (Å²) in [6.45, 7) is 1.98. The number of nitrogens with two attached hydrogens (primary N) is 1. The maximum absolute atomic E-state index is 6.19. The van der Waals surface area contributed by atoms with Crippen LogP contribution in [0.5, 0.6) is 5.75 Å². The summed E-state index contributed by atoms with van der Waals surface area (Å²) in [7, 11) is 0. The summed E-state index contributed by atoms with van der Waals surface area (Å²) in [5, 5.41) is 2.72. The van der Waals surface area contributed by atoms with E-state index in [4.69, 9.17) is 22.1 Å². The molecule has 0 fully saturated rings. The van der Waals surface area contributed by atoms with E-state index in [1.807, 2.05) is 31.2 Å². The van der Waals surface area contributed by atoms with E-state index in [1.54, 1.807) is 17.4 Å². The Kier molecular flexibility index (Phi) is 5.28. The Balaban J connectivity index is 1.96. The fraction of sp³-hybridized carbons (Fsp3) is 0.286. The van der Waals surface area contributed by atoms with Gasteiger partial charge in [0.05, 0.1) is 0 Å². The molecule has 2 aromatic rings. The first kappa shape index (κ1) is 14.9. The summed E-state index contributed by atoms with van der Waals surface area (Å²) in [5.74, 6) is 0.751. The molecule has 0 aliphatic heterocycles. The van der Waals surface area contributed by atoms with Gasteiger partial charge >= 0.3 is 0 Å². The Morgan fingerprint density at radius 1 is 1.42 bits per heavy atom. The fourth-order valence-corrected chi connectivity index (χ4v) is 3.46. The zero-order valence-electron chi connectivity index (χ0n) is 10.5. The summed E-state index contributed by atoms with van der Waals surface area (Å²) in [6.07, 6.45) is 0.715. The molecule has 0 amide bonds. The van der Waals surface area contributed by atoms with Crippen LogP contribution in [0.2, 0.25) is 5.02 Å². The topological polar surface area (TPSA) is 35.2 Å². The maximum atomic E-state index is 6.19. The summed E-state index contributed by atoms with van der Waals surface area (Å²) in [5.41, 5.74) is 6.19. The molecule has 2 rings (SSSR count). The molecule has 0 aliphatic carbocycles. The standard InChI is InChI=1S/C14H15BrClNOS/c1-9(18-11-4-2-3-10(16)7-11)13(17)8-14-12(15)5-6-19-14/h2-7,9,13H,8,17H2,1H3. The van der Waals surface area contributed by atoms with Crippen molar-refractivity contribution < 1.29 is 4.74 Å². The second-order valence-electron chi connectivity index (χ2n) is 4.34. The van der Waals surface area contributed by atoms with Gasteiger partial charge in [0.25, 0.3) is 0 Å². The van der Waals surface area contributed by atoms with Crippen LogP contribution in [0.3, 0.4) is 0 Å². The molecule has 1 heterocycles. The molecule has 0 radical (unpaired) electrons. The lowest BCUT2D eigenvalue weighted by Crippen LogP contribution is -2.38. The van der Waals surface area contributed by atoms with E-state index in [1.165, 1.54) is 4.88 Å². The van der Waals surface area contributed by atoms with E-state index in [2.05, 4.69) is 21.3 Å². The van der Waals surface area contributed by atoms with Crippen LogP contribution < -0.4 is 10.5 Å². The van der Waals surface area contributed by atoms with E-state index >= 15 is 0 Å². The number of benzene rings is 1. The molecule has 1 aromatic carbocycles. The Morgan fingerprint density at radius 2 is 2.21 bits per heavy atom. The van der Waals surface area contributed by atoms with E-state index < -0.39 is 0 Å². The van der Waals surface area contributed by atoms with Gasteiger partial charge < -0.3 is 10.5 Å². The number of hydrogen-bond donors (Lipinski definition) is 1. The lowest BCUT2D eigenvalue weighted by molar-refractivity contribution is 0.189. The van der Waals surface area contributed by atoms with Crippen LogP contribution in [0.25, 0.3) is 0 Å². The number of thiophene rings is 1. The first-order valence-electron chi connectivity index (χ1n) is 5.96. The predicted octanol–water partition coefficient (Wildman–Crippen LogP) is 4.50. The zero-order valence-corrected chi connectivity index (χ0v) is 13.6. The van der Waals surface area contributed by atoms with Crippen LogP contribution in [0.4, 0.5) is 0 Å². The van der Waals surface area contributed by atoms with E-state index in [0.29, 0.717) is 5.02 Å². The van der Waals surface area contributed by atoms with Crippen molar-refractivity contribution in [1.82, 2.24) is 0 Å². The third-order valence-electron chi connectivity index (χ3n) is 2.83. The average Bonchev–Trinajstić information content (AvgIpc) is 2.75. The van der Waals surface area contributed by atoms with E-state index in [9.17, 15) is 0 Å². The van der Waals surface area contributed by atoms with Gasteiger partial charge in [-0.2, -0.15) is 0 Å². The highest BCUT2D eigenvalue weighted by molar-refractivity contribution is 9.10. The lowest BCUT2D eigenvalue weighted by atomic mass is 10.1. The van der Waals surface area contributed by atoms with Gasteiger partial charge in [-0.15, -0.1) is 11.3 Å². The van der Waals surface area contributed by atoms with Gasteiger partial charge in [-0.05, 0) is 52.5 Å². The number of halogens is 2. The molecule has 19 heavy (non-hydrogen) atoms. The van der Waals surface area contributed by atoms with Crippen LogP contribution >= 0.6 is 38.9 Å². The molecule has 0 aliphatic rings. The molecule has 0 saturated heterocycles. The van der Waals surface area contributed by atoms with E-state index in [-0.39, 0.29) is 12.1 Å². The quantitative estimate of drug-likeness (QED) is 0.852. The molecular weight excluding hydrogens is 346 g/mol. The minimum Gasteiger partial charge on any atom is -0.489 e. The summed E-state index contributed by atoms with van der Waals surface area (Å²) >= 11 is 11.1.